The summed E-state index contributed by atoms with van der Waals surface area (Å²) < 4.78 is 15.3. The van der Waals surface area contributed by atoms with Crippen molar-refractivity contribution in [2.24, 2.45) is 0 Å². The smallest absolute Gasteiger partial charge is 0.201 e. The van der Waals surface area contributed by atoms with Crippen molar-refractivity contribution in [3.05, 3.63) is 58.4 Å². The molecule has 0 bridgehead atoms. The van der Waals surface area contributed by atoms with Gasteiger partial charge in [0.2, 0.25) is 5.95 Å². The number of benzene rings is 2. The molecule has 0 aliphatic heterocycles. The van der Waals surface area contributed by atoms with Crippen molar-refractivity contribution in [2.45, 2.75) is 13.5 Å². The zero-order valence-electron chi connectivity index (χ0n) is 10.9. The van der Waals surface area contributed by atoms with Gasteiger partial charge in [0.25, 0.3) is 0 Å². The lowest BCUT2D eigenvalue weighted by Crippen LogP contribution is -2.04. The molecular formula is C15H13ClFN3. The lowest BCUT2D eigenvalue weighted by Gasteiger charge is -2.07. The van der Waals surface area contributed by atoms with Gasteiger partial charge >= 0.3 is 0 Å². The van der Waals surface area contributed by atoms with Crippen molar-refractivity contribution in [2.75, 3.05) is 5.73 Å². The molecule has 0 aliphatic carbocycles. The highest BCUT2D eigenvalue weighted by Crippen LogP contribution is 2.25. The average Bonchev–Trinajstić information content (AvgIpc) is 2.69. The summed E-state index contributed by atoms with van der Waals surface area (Å²) in [5, 5.41) is 0.0718. The van der Waals surface area contributed by atoms with Gasteiger partial charge in [-0.25, -0.2) is 9.37 Å². The van der Waals surface area contributed by atoms with Gasteiger partial charge in [-0.3, -0.25) is 0 Å². The van der Waals surface area contributed by atoms with Crippen LogP contribution in [-0.2, 0) is 6.54 Å². The molecule has 0 atom stereocenters. The van der Waals surface area contributed by atoms with Crippen LogP contribution in [0, 0.1) is 12.7 Å². The number of nitrogens with two attached hydrogens (primary N) is 1. The predicted octanol–water partition coefficient (Wildman–Crippen LogP) is 3.77. The van der Waals surface area contributed by atoms with E-state index in [9.17, 15) is 4.39 Å². The summed E-state index contributed by atoms with van der Waals surface area (Å²) in [7, 11) is 0. The van der Waals surface area contributed by atoms with E-state index in [0.29, 0.717) is 18.0 Å². The monoisotopic (exact) mass is 289 g/mol. The number of aromatic nitrogens is 2. The minimum Gasteiger partial charge on any atom is -0.369 e. The van der Waals surface area contributed by atoms with E-state index in [0.717, 1.165) is 11.1 Å². The Labute approximate surface area is 120 Å². The number of halogens is 2. The van der Waals surface area contributed by atoms with Crippen molar-refractivity contribution >= 4 is 28.6 Å². The molecule has 3 nitrogen and oxygen atoms in total. The number of hydrogen-bond acceptors (Lipinski definition) is 2. The Morgan fingerprint density at radius 1 is 1.25 bits per heavy atom. The Bertz CT molecular complexity index is 778. The number of nitrogen functional groups attached to an aromatic ring is 1. The van der Waals surface area contributed by atoms with Gasteiger partial charge in [-0.1, -0.05) is 41.4 Å². The average molecular weight is 290 g/mol. The van der Waals surface area contributed by atoms with Gasteiger partial charge in [0, 0.05) is 6.07 Å². The third-order valence-electron chi connectivity index (χ3n) is 3.28. The molecule has 0 spiro atoms. The number of rotatable bonds is 2. The third-order valence-corrected chi connectivity index (χ3v) is 3.57. The topological polar surface area (TPSA) is 43.8 Å². The highest BCUT2D eigenvalue weighted by molar-refractivity contribution is 6.31. The first kappa shape index (κ1) is 12.9. The molecule has 0 saturated heterocycles. The van der Waals surface area contributed by atoms with E-state index < -0.39 is 5.82 Å². The molecule has 102 valence electrons. The lowest BCUT2D eigenvalue weighted by atomic mass is 10.1. The van der Waals surface area contributed by atoms with Gasteiger partial charge in [0.1, 0.15) is 5.82 Å². The molecule has 0 aliphatic rings. The maximum atomic E-state index is 13.4. The molecule has 3 aromatic rings. The van der Waals surface area contributed by atoms with Crippen LogP contribution >= 0.6 is 11.6 Å². The van der Waals surface area contributed by atoms with E-state index in [2.05, 4.69) is 4.98 Å². The van der Waals surface area contributed by atoms with Crippen molar-refractivity contribution < 1.29 is 4.39 Å². The second-order valence-corrected chi connectivity index (χ2v) is 5.20. The molecule has 1 heterocycles. The van der Waals surface area contributed by atoms with Gasteiger partial charge in [-0.2, -0.15) is 0 Å². The lowest BCUT2D eigenvalue weighted by molar-refractivity contribution is 0.629. The first-order valence-corrected chi connectivity index (χ1v) is 6.58. The van der Waals surface area contributed by atoms with Crippen molar-refractivity contribution in [3.8, 4) is 0 Å². The van der Waals surface area contributed by atoms with Crippen LogP contribution < -0.4 is 5.73 Å². The number of nitrogens with zero attached hydrogens (tertiary/aromatic N) is 2. The quantitative estimate of drug-likeness (QED) is 0.780. The number of hydrogen-bond donors (Lipinski definition) is 1. The highest BCUT2D eigenvalue weighted by Gasteiger charge is 2.12. The van der Waals surface area contributed by atoms with E-state index in [1.807, 2.05) is 35.8 Å². The Morgan fingerprint density at radius 2 is 1.95 bits per heavy atom. The highest BCUT2D eigenvalue weighted by atomic mass is 35.5. The van der Waals surface area contributed by atoms with Gasteiger partial charge in [0.05, 0.1) is 22.6 Å². The summed E-state index contributed by atoms with van der Waals surface area (Å²) in [6, 6.07) is 11.0. The van der Waals surface area contributed by atoms with E-state index in [4.69, 9.17) is 17.3 Å². The summed E-state index contributed by atoms with van der Waals surface area (Å²) in [6.07, 6.45) is 0. The van der Waals surface area contributed by atoms with Crippen LogP contribution in [0.3, 0.4) is 0 Å². The van der Waals surface area contributed by atoms with E-state index in [1.165, 1.54) is 11.6 Å². The van der Waals surface area contributed by atoms with E-state index >= 15 is 0 Å². The number of fused-ring (bicyclic) bond motifs is 1. The van der Waals surface area contributed by atoms with Crippen LogP contribution in [0.25, 0.3) is 11.0 Å². The maximum absolute atomic E-state index is 13.4. The molecule has 0 unspecified atom stereocenters. The second-order valence-electron chi connectivity index (χ2n) is 4.80. The number of imidazole rings is 1. The van der Waals surface area contributed by atoms with E-state index in [1.54, 1.807) is 6.07 Å². The third kappa shape index (κ3) is 2.23. The van der Waals surface area contributed by atoms with Crippen LogP contribution in [-0.4, -0.2) is 9.55 Å². The summed E-state index contributed by atoms with van der Waals surface area (Å²) in [4.78, 5) is 4.17. The fourth-order valence-corrected chi connectivity index (χ4v) is 2.34. The molecule has 0 fully saturated rings. The summed E-state index contributed by atoms with van der Waals surface area (Å²) >= 11 is 5.84. The summed E-state index contributed by atoms with van der Waals surface area (Å²) in [5.74, 6) is -0.138. The van der Waals surface area contributed by atoms with Crippen LogP contribution in [0.15, 0.2) is 36.4 Å². The van der Waals surface area contributed by atoms with Gasteiger partial charge < -0.3 is 10.3 Å². The summed E-state index contributed by atoms with van der Waals surface area (Å²) in [6.45, 7) is 2.61. The largest absolute Gasteiger partial charge is 0.369 e. The Morgan fingerprint density at radius 3 is 2.65 bits per heavy atom. The number of aryl methyl sites for hydroxylation is 1. The van der Waals surface area contributed by atoms with E-state index in [-0.39, 0.29) is 5.02 Å². The van der Waals surface area contributed by atoms with Gasteiger partial charge in [-0.05, 0) is 18.6 Å². The van der Waals surface area contributed by atoms with Gasteiger partial charge in [0.15, 0.2) is 0 Å². The maximum Gasteiger partial charge on any atom is 0.201 e. The Balaban J connectivity index is 2.08. The zero-order valence-corrected chi connectivity index (χ0v) is 11.7. The molecule has 2 aromatic carbocycles. The molecular weight excluding hydrogens is 277 g/mol. The standard InChI is InChI=1S/C15H13ClFN3/c1-9-2-4-10(5-3-9)8-20-14-6-11(16)12(17)7-13(14)19-15(20)18/h2-7H,8H2,1H3,(H2,18,19). The van der Waals surface area contributed by atoms with Crippen LogP contribution in [0.4, 0.5) is 10.3 Å². The first-order chi connectivity index (χ1) is 9.54. The van der Waals surface area contributed by atoms with Crippen molar-refractivity contribution in [1.82, 2.24) is 9.55 Å². The Kier molecular flexibility index (Phi) is 3.10. The molecule has 3 rings (SSSR count). The molecule has 2 N–H and O–H groups in total. The van der Waals surface area contributed by atoms with Crippen LogP contribution in [0.1, 0.15) is 11.1 Å². The molecule has 1 aromatic heterocycles. The minimum absolute atomic E-state index is 0.0718. The minimum atomic E-state index is -0.487. The second kappa shape index (κ2) is 4.80. The predicted molar refractivity (Wildman–Crippen MR) is 79.4 cm³/mol. The normalized spacial score (nSPS) is 11.2. The zero-order chi connectivity index (χ0) is 14.3. The number of anilines is 1. The van der Waals surface area contributed by atoms with Crippen molar-refractivity contribution in [3.63, 3.8) is 0 Å². The van der Waals surface area contributed by atoms with Crippen LogP contribution in [0.2, 0.25) is 5.02 Å². The first-order valence-electron chi connectivity index (χ1n) is 6.21. The summed E-state index contributed by atoms with van der Waals surface area (Å²) in [5.41, 5.74) is 9.45. The SMILES string of the molecule is Cc1ccc(Cn2c(N)nc3cc(F)c(Cl)cc32)cc1. The molecule has 0 amide bonds. The molecule has 0 radical (unpaired) electrons. The van der Waals surface area contributed by atoms with Crippen LogP contribution in [0.5, 0.6) is 0 Å². The molecule has 5 heteroatoms. The molecule has 20 heavy (non-hydrogen) atoms. The Hall–Kier alpha value is -2.07. The fourth-order valence-electron chi connectivity index (χ4n) is 2.18. The molecule has 0 saturated carbocycles. The fraction of sp³-hybridized carbons (Fsp3) is 0.133. The van der Waals surface area contributed by atoms with Crippen molar-refractivity contribution in [1.29, 1.82) is 0 Å². The van der Waals surface area contributed by atoms with Gasteiger partial charge in [-0.15, -0.1) is 0 Å².